The fraction of sp³-hybridized carbons (Fsp3) is 0.167. The Morgan fingerprint density at radius 1 is 0.774 bits per heavy atom. The SMILES string of the molecule is CC(C)(C)NC(=O)c1ccccc1NC(=O)c1cccc(NC(=O)c2cccnc2)c1. The molecule has 0 fully saturated rings. The Morgan fingerprint density at radius 2 is 1.48 bits per heavy atom. The van der Waals surface area contributed by atoms with Crippen LogP contribution >= 0.6 is 0 Å². The third-order valence-electron chi connectivity index (χ3n) is 4.21. The summed E-state index contributed by atoms with van der Waals surface area (Å²) in [4.78, 5) is 41.7. The van der Waals surface area contributed by atoms with E-state index in [1.54, 1.807) is 66.9 Å². The first-order valence-corrected chi connectivity index (χ1v) is 9.77. The van der Waals surface area contributed by atoms with Crippen LogP contribution < -0.4 is 16.0 Å². The van der Waals surface area contributed by atoms with Gasteiger partial charge in [0.15, 0.2) is 0 Å². The molecule has 0 aliphatic carbocycles. The lowest BCUT2D eigenvalue weighted by atomic mass is 10.1. The number of carbonyl (C=O) groups excluding carboxylic acids is 3. The van der Waals surface area contributed by atoms with Crippen LogP contribution in [0.1, 0.15) is 51.8 Å². The Labute approximate surface area is 180 Å². The molecule has 7 heteroatoms. The van der Waals surface area contributed by atoms with Crippen molar-refractivity contribution in [2.24, 2.45) is 0 Å². The molecule has 31 heavy (non-hydrogen) atoms. The number of rotatable bonds is 5. The fourth-order valence-corrected chi connectivity index (χ4v) is 2.83. The van der Waals surface area contributed by atoms with Crippen LogP contribution in [0.5, 0.6) is 0 Å². The van der Waals surface area contributed by atoms with E-state index in [9.17, 15) is 14.4 Å². The lowest BCUT2D eigenvalue weighted by Gasteiger charge is -2.21. The van der Waals surface area contributed by atoms with E-state index in [1.165, 1.54) is 6.20 Å². The zero-order valence-corrected chi connectivity index (χ0v) is 17.6. The molecule has 1 aromatic heterocycles. The van der Waals surface area contributed by atoms with Gasteiger partial charge in [-0.3, -0.25) is 19.4 Å². The molecule has 0 bridgehead atoms. The van der Waals surface area contributed by atoms with Crippen LogP contribution in [0.4, 0.5) is 11.4 Å². The number of hydrogen-bond acceptors (Lipinski definition) is 4. The number of benzene rings is 2. The highest BCUT2D eigenvalue weighted by Crippen LogP contribution is 2.19. The Morgan fingerprint density at radius 3 is 2.19 bits per heavy atom. The molecule has 2 aromatic carbocycles. The summed E-state index contributed by atoms with van der Waals surface area (Å²) in [5, 5.41) is 8.43. The van der Waals surface area contributed by atoms with Gasteiger partial charge < -0.3 is 16.0 Å². The molecule has 1 heterocycles. The van der Waals surface area contributed by atoms with Crippen LogP contribution in [0, 0.1) is 0 Å². The van der Waals surface area contributed by atoms with E-state index in [1.807, 2.05) is 20.8 Å². The predicted octanol–water partition coefficient (Wildman–Crippen LogP) is 4.11. The average molecular weight is 416 g/mol. The van der Waals surface area contributed by atoms with Crippen molar-refractivity contribution in [2.75, 3.05) is 10.6 Å². The topological polar surface area (TPSA) is 100 Å². The molecule has 0 radical (unpaired) electrons. The molecule has 0 spiro atoms. The van der Waals surface area contributed by atoms with Crippen molar-refractivity contribution >= 4 is 29.1 Å². The van der Waals surface area contributed by atoms with Crippen LogP contribution in [0.3, 0.4) is 0 Å². The van der Waals surface area contributed by atoms with Gasteiger partial charge in [0.05, 0.1) is 16.8 Å². The first kappa shape index (κ1) is 21.7. The van der Waals surface area contributed by atoms with Gasteiger partial charge in [-0.05, 0) is 63.2 Å². The minimum Gasteiger partial charge on any atom is -0.347 e. The first-order valence-electron chi connectivity index (χ1n) is 9.77. The van der Waals surface area contributed by atoms with Crippen LogP contribution in [-0.4, -0.2) is 28.2 Å². The standard InChI is InChI=1S/C24H24N4O3/c1-24(2,3)28-23(31)19-11-4-5-12-20(19)27-21(29)16-8-6-10-18(14-16)26-22(30)17-9-7-13-25-15-17/h4-15H,1-3H3,(H,26,30)(H,27,29)(H,28,31). The van der Waals surface area contributed by atoms with E-state index in [0.29, 0.717) is 28.1 Å². The molecule has 0 atom stereocenters. The number of nitrogens with zero attached hydrogens (tertiary/aromatic N) is 1. The number of amides is 3. The van der Waals surface area contributed by atoms with Gasteiger partial charge in [0.1, 0.15) is 0 Å². The molecule has 3 rings (SSSR count). The van der Waals surface area contributed by atoms with E-state index in [4.69, 9.17) is 0 Å². The number of hydrogen-bond donors (Lipinski definition) is 3. The van der Waals surface area contributed by atoms with Gasteiger partial charge >= 0.3 is 0 Å². The van der Waals surface area contributed by atoms with Crippen molar-refractivity contribution in [2.45, 2.75) is 26.3 Å². The zero-order chi connectivity index (χ0) is 22.4. The van der Waals surface area contributed by atoms with Crippen LogP contribution in [0.25, 0.3) is 0 Å². The summed E-state index contributed by atoms with van der Waals surface area (Å²) in [6.07, 6.45) is 3.05. The summed E-state index contributed by atoms with van der Waals surface area (Å²) in [7, 11) is 0. The number of para-hydroxylation sites is 1. The Kier molecular flexibility index (Phi) is 6.45. The van der Waals surface area contributed by atoms with Crippen molar-refractivity contribution < 1.29 is 14.4 Å². The van der Waals surface area contributed by atoms with Gasteiger partial charge in [0.2, 0.25) is 0 Å². The number of aromatic nitrogens is 1. The Hall–Kier alpha value is -4.00. The van der Waals surface area contributed by atoms with E-state index >= 15 is 0 Å². The zero-order valence-electron chi connectivity index (χ0n) is 17.6. The number of carbonyl (C=O) groups is 3. The monoisotopic (exact) mass is 416 g/mol. The molecular weight excluding hydrogens is 392 g/mol. The molecule has 3 N–H and O–H groups in total. The van der Waals surface area contributed by atoms with Crippen molar-refractivity contribution in [3.63, 3.8) is 0 Å². The summed E-state index contributed by atoms with van der Waals surface area (Å²) < 4.78 is 0. The maximum atomic E-state index is 12.8. The summed E-state index contributed by atoms with van der Waals surface area (Å²) in [5.41, 5.74) is 1.59. The maximum absolute atomic E-state index is 12.8. The van der Waals surface area contributed by atoms with Gasteiger partial charge in [-0.2, -0.15) is 0 Å². The second kappa shape index (κ2) is 9.21. The average Bonchev–Trinajstić information content (AvgIpc) is 2.73. The highest BCUT2D eigenvalue weighted by Gasteiger charge is 2.19. The minimum absolute atomic E-state index is 0.277. The normalized spacial score (nSPS) is 10.8. The molecule has 3 aromatic rings. The summed E-state index contributed by atoms with van der Waals surface area (Å²) in [6.45, 7) is 5.66. The van der Waals surface area contributed by atoms with E-state index < -0.39 is 11.4 Å². The fourth-order valence-electron chi connectivity index (χ4n) is 2.83. The molecule has 7 nitrogen and oxygen atoms in total. The van der Waals surface area contributed by atoms with E-state index in [-0.39, 0.29) is 11.8 Å². The molecule has 0 aliphatic rings. The van der Waals surface area contributed by atoms with Gasteiger partial charge in [0.25, 0.3) is 17.7 Å². The second-order valence-electron chi connectivity index (χ2n) is 7.98. The summed E-state index contributed by atoms with van der Waals surface area (Å²) in [6, 6.07) is 16.7. The smallest absolute Gasteiger partial charge is 0.257 e. The third-order valence-corrected chi connectivity index (χ3v) is 4.21. The van der Waals surface area contributed by atoms with Crippen molar-refractivity contribution in [3.8, 4) is 0 Å². The van der Waals surface area contributed by atoms with Crippen molar-refractivity contribution in [1.29, 1.82) is 0 Å². The van der Waals surface area contributed by atoms with Crippen LogP contribution in [0.15, 0.2) is 73.1 Å². The van der Waals surface area contributed by atoms with E-state index in [0.717, 1.165) is 0 Å². The molecule has 0 saturated carbocycles. The predicted molar refractivity (Wildman–Crippen MR) is 120 cm³/mol. The quantitative estimate of drug-likeness (QED) is 0.583. The second-order valence-corrected chi connectivity index (χ2v) is 7.98. The highest BCUT2D eigenvalue weighted by atomic mass is 16.2. The summed E-state index contributed by atoms with van der Waals surface area (Å²) in [5.74, 6) is -0.996. The van der Waals surface area contributed by atoms with E-state index in [2.05, 4.69) is 20.9 Å². The first-order chi connectivity index (χ1) is 14.7. The number of pyridine rings is 1. The lowest BCUT2D eigenvalue weighted by molar-refractivity contribution is 0.0919. The van der Waals surface area contributed by atoms with Crippen LogP contribution in [-0.2, 0) is 0 Å². The molecular formula is C24H24N4O3. The lowest BCUT2D eigenvalue weighted by Crippen LogP contribution is -2.40. The molecule has 3 amide bonds. The van der Waals surface area contributed by atoms with Gasteiger partial charge in [-0.25, -0.2) is 0 Å². The van der Waals surface area contributed by atoms with Crippen molar-refractivity contribution in [1.82, 2.24) is 10.3 Å². The third kappa shape index (κ3) is 5.99. The van der Waals surface area contributed by atoms with Crippen molar-refractivity contribution in [3.05, 3.63) is 89.7 Å². The number of anilines is 2. The molecule has 0 saturated heterocycles. The van der Waals surface area contributed by atoms with Gasteiger partial charge in [-0.15, -0.1) is 0 Å². The van der Waals surface area contributed by atoms with Gasteiger partial charge in [0, 0.05) is 29.2 Å². The number of nitrogens with one attached hydrogen (secondary N) is 3. The van der Waals surface area contributed by atoms with Crippen LogP contribution in [0.2, 0.25) is 0 Å². The molecule has 0 aliphatic heterocycles. The largest absolute Gasteiger partial charge is 0.347 e. The molecule has 0 unspecified atom stereocenters. The minimum atomic E-state index is -0.408. The Balaban J connectivity index is 1.75. The Bertz CT molecular complexity index is 1110. The maximum Gasteiger partial charge on any atom is 0.257 e. The summed E-state index contributed by atoms with van der Waals surface area (Å²) >= 11 is 0. The molecule has 158 valence electrons. The highest BCUT2D eigenvalue weighted by molar-refractivity contribution is 6.10. The van der Waals surface area contributed by atoms with Gasteiger partial charge in [-0.1, -0.05) is 18.2 Å².